The zero-order chi connectivity index (χ0) is 19.4. The maximum Gasteiger partial charge on any atom is 0.274 e. The van der Waals surface area contributed by atoms with Gasteiger partial charge in [-0.15, -0.1) is 0 Å². The quantitative estimate of drug-likeness (QED) is 0.703. The van der Waals surface area contributed by atoms with Crippen LogP contribution in [0.3, 0.4) is 0 Å². The van der Waals surface area contributed by atoms with E-state index >= 15 is 0 Å². The fourth-order valence-corrected chi connectivity index (χ4v) is 2.68. The molecule has 0 aliphatic heterocycles. The third-order valence-corrected chi connectivity index (χ3v) is 4.06. The summed E-state index contributed by atoms with van der Waals surface area (Å²) in [5, 5.41) is 6.03. The van der Waals surface area contributed by atoms with E-state index in [0.29, 0.717) is 23.0 Å². The predicted molar refractivity (Wildman–Crippen MR) is 107 cm³/mol. The van der Waals surface area contributed by atoms with Gasteiger partial charge in [0.1, 0.15) is 11.4 Å². The van der Waals surface area contributed by atoms with Crippen LogP contribution in [0.1, 0.15) is 27.3 Å². The van der Waals surface area contributed by atoms with Crippen molar-refractivity contribution in [3.8, 4) is 5.75 Å². The molecule has 1 amide bonds. The van der Waals surface area contributed by atoms with Gasteiger partial charge >= 0.3 is 0 Å². The molecule has 0 spiro atoms. The first-order valence-corrected chi connectivity index (χ1v) is 8.60. The summed E-state index contributed by atoms with van der Waals surface area (Å²) >= 11 is 0. The predicted octanol–water partition coefficient (Wildman–Crippen LogP) is 4.41. The van der Waals surface area contributed by atoms with Crippen molar-refractivity contribution in [2.75, 3.05) is 17.7 Å². The lowest BCUT2D eigenvalue weighted by atomic mass is 10.1. The molecular weight excluding hydrogens is 340 g/mol. The van der Waals surface area contributed by atoms with E-state index in [1.807, 2.05) is 32.9 Å². The lowest BCUT2D eigenvalue weighted by Crippen LogP contribution is -2.15. The van der Waals surface area contributed by atoms with Gasteiger partial charge in [-0.1, -0.05) is 17.7 Å². The number of carbonyl (C=O) groups excluding carboxylic acids is 1. The van der Waals surface area contributed by atoms with Crippen LogP contribution in [0.15, 0.2) is 48.5 Å². The second-order valence-corrected chi connectivity index (χ2v) is 6.34. The third kappa shape index (κ3) is 4.61. The molecule has 0 saturated carbocycles. The maximum atomic E-state index is 12.6. The summed E-state index contributed by atoms with van der Waals surface area (Å²) < 4.78 is 5.12. The largest absolute Gasteiger partial charge is 0.497 e. The summed E-state index contributed by atoms with van der Waals surface area (Å²) in [4.78, 5) is 21.3. The molecule has 0 saturated heterocycles. The molecular formula is C21H22N4O2. The second-order valence-electron chi connectivity index (χ2n) is 6.34. The highest BCUT2D eigenvalue weighted by molar-refractivity contribution is 6.03. The molecule has 0 unspecified atom stereocenters. The fourth-order valence-electron chi connectivity index (χ4n) is 2.68. The number of carbonyl (C=O) groups is 1. The van der Waals surface area contributed by atoms with Crippen molar-refractivity contribution >= 4 is 23.2 Å². The van der Waals surface area contributed by atoms with Crippen LogP contribution in [0.5, 0.6) is 5.75 Å². The summed E-state index contributed by atoms with van der Waals surface area (Å²) in [6.07, 6.45) is 0. The van der Waals surface area contributed by atoms with Crippen molar-refractivity contribution in [2.24, 2.45) is 0 Å². The first-order valence-electron chi connectivity index (χ1n) is 8.60. The van der Waals surface area contributed by atoms with Gasteiger partial charge < -0.3 is 15.4 Å². The summed E-state index contributed by atoms with van der Waals surface area (Å²) in [5.74, 6) is 0.821. The number of aromatic nitrogens is 2. The number of rotatable bonds is 5. The third-order valence-electron chi connectivity index (χ3n) is 4.06. The number of nitrogens with zero attached hydrogens (tertiary/aromatic N) is 2. The smallest absolute Gasteiger partial charge is 0.274 e. The zero-order valence-electron chi connectivity index (χ0n) is 15.8. The van der Waals surface area contributed by atoms with Crippen molar-refractivity contribution < 1.29 is 9.53 Å². The van der Waals surface area contributed by atoms with Gasteiger partial charge in [0.25, 0.3) is 5.91 Å². The van der Waals surface area contributed by atoms with Crippen LogP contribution in [-0.2, 0) is 0 Å². The number of aryl methyl sites for hydroxylation is 3. The van der Waals surface area contributed by atoms with E-state index in [1.54, 1.807) is 37.4 Å². The molecule has 3 rings (SSSR count). The Morgan fingerprint density at radius 2 is 1.70 bits per heavy atom. The van der Waals surface area contributed by atoms with E-state index in [9.17, 15) is 4.79 Å². The van der Waals surface area contributed by atoms with E-state index in [0.717, 1.165) is 17.0 Å². The van der Waals surface area contributed by atoms with Gasteiger partial charge in [0.05, 0.1) is 7.11 Å². The molecule has 0 aliphatic rings. The summed E-state index contributed by atoms with van der Waals surface area (Å²) in [6.45, 7) is 5.89. The number of amides is 1. The van der Waals surface area contributed by atoms with Crippen LogP contribution in [0.4, 0.5) is 17.3 Å². The van der Waals surface area contributed by atoms with Crippen molar-refractivity contribution in [1.29, 1.82) is 0 Å². The fraction of sp³-hybridized carbons (Fsp3) is 0.190. The topological polar surface area (TPSA) is 76.1 Å². The minimum Gasteiger partial charge on any atom is -0.497 e. The van der Waals surface area contributed by atoms with Gasteiger partial charge in [-0.25, -0.2) is 9.97 Å². The Bertz CT molecular complexity index is 968. The Balaban J connectivity index is 1.80. The lowest BCUT2D eigenvalue weighted by Gasteiger charge is -2.11. The van der Waals surface area contributed by atoms with Crippen molar-refractivity contribution in [3.63, 3.8) is 0 Å². The molecule has 1 aromatic heterocycles. The van der Waals surface area contributed by atoms with E-state index in [-0.39, 0.29) is 5.91 Å². The van der Waals surface area contributed by atoms with E-state index in [4.69, 9.17) is 4.74 Å². The van der Waals surface area contributed by atoms with Crippen molar-refractivity contribution in [3.05, 3.63) is 71.0 Å². The highest BCUT2D eigenvalue weighted by Gasteiger charge is 2.12. The molecule has 0 atom stereocenters. The first kappa shape index (κ1) is 18.4. The number of nitrogens with one attached hydrogen (secondary N) is 2. The Labute approximate surface area is 158 Å². The molecule has 1 heterocycles. The van der Waals surface area contributed by atoms with Gasteiger partial charge in [0, 0.05) is 17.1 Å². The van der Waals surface area contributed by atoms with Crippen LogP contribution < -0.4 is 15.4 Å². The lowest BCUT2D eigenvalue weighted by molar-refractivity contribution is 0.102. The molecule has 27 heavy (non-hydrogen) atoms. The normalized spacial score (nSPS) is 10.4. The van der Waals surface area contributed by atoms with Crippen LogP contribution >= 0.6 is 0 Å². The Kier molecular flexibility index (Phi) is 5.35. The molecule has 0 bridgehead atoms. The molecule has 2 aromatic carbocycles. The van der Waals surface area contributed by atoms with Gasteiger partial charge in [-0.05, 0) is 62.7 Å². The Morgan fingerprint density at radius 1 is 0.963 bits per heavy atom. The van der Waals surface area contributed by atoms with Crippen LogP contribution in [0.2, 0.25) is 0 Å². The average Bonchev–Trinajstić information content (AvgIpc) is 2.64. The minimum atomic E-state index is -0.297. The molecule has 0 radical (unpaired) electrons. The van der Waals surface area contributed by atoms with Gasteiger partial charge in [-0.2, -0.15) is 0 Å². The molecule has 0 aliphatic carbocycles. The van der Waals surface area contributed by atoms with Gasteiger partial charge in [-0.3, -0.25) is 4.79 Å². The molecule has 138 valence electrons. The van der Waals surface area contributed by atoms with Crippen molar-refractivity contribution in [1.82, 2.24) is 9.97 Å². The molecule has 2 N–H and O–H groups in total. The summed E-state index contributed by atoms with van der Waals surface area (Å²) in [5.41, 5.74) is 4.85. The van der Waals surface area contributed by atoms with E-state index in [1.165, 1.54) is 5.56 Å². The average molecular weight is 362 g/mol. The highest BCUT2D eigenvalue weighted by atomic mass is 16.5. The summed E-state index contributed by atoms with van der Waals surface area (Å²) in [6, 6.07) is 14.9. The maximum absolute atomic E-state index is 12.6. The van der Waals surface area contributed by atoms with E-state index in [2.05, 4.69) is 26.7 Å². The first-order chi connectivity index (χ1) is 12.9. The molecule has 3 aromatic rings. The van der Waals surface area contributed by atoms with Gasteiger partial charge in [0.2, 0.25) is 5.95 Å². The number of hydrogen-bond donors (Lipinski definition) is 2. The number of hydrogen-bond acceptors (Lipinski definition) is 5. The summed E-state index contributed by atoms with van der Waals surface area (Å²) in [7, 11) is 1.60. The monoisotopic (exact) mass is 362 g/mol. The molecule has 6 heteroatoms. The van der Waals surface area contributed by atoms with Crippen LogP contribution in [-0.4, -0.2) is 23.0 Å². The Hall–Kier alpha value is -3.41. The van der Waals surface area contributed by atoms with Crippen molar-refractivity contribution in [2.45, 2.75) is 20.8 Å². The highest BCUT2D eigenvalue weighted by Crippen LogP contribution is 2.20. The number of anilines is 3. The second kappa shape index (κ2) is 7.86. The number of benzene rings is 2. The number of methoxy groups -OCH3 is 1. The SMILES string of the molecule is COc1ccc(NC(=O)c2cc(C)nc(Nc3ccc(C)cc3C)n2)cc1. The zero-order valence-corrected chi connectivity index (χ0v) is 15.8. The standard InChI is InChI=1S/C21H22N4O2/c1-13-5-10-18(14(2)11-13)24-21-22-15(3)12-19(25-21)20(26)23-16-6-8-17(27-4)9-7-16/h5-12H,1-4H3,(H,23,26)(H,22,24,25). The van der Waals surface area contributed by atoms with Gasteiger partial charge in [0.15, 0.2) is 0 Å². The van der Waals surface area contributed by atoms with Crippen LogP contribution in [0, 0.1) is 20.8 Å². The van der Waals surface area contributed by atoms with Crippen LogP contribution in [0.25, 0.3) is 0 Å². The molecule has 0 fully saturated rings. The molecule has 6 nitrogen and oxygen atoms in total. The Morgan fingerprint density at radius 3 is 2.37 bits per heavy atom. The van der Waals surface area contributed by atoms with E-state index < -0.39 is 0 Å². The number of ether oxygens (including phenoxy) is 1. The minimum absolute atomic E-state index is 0.297.